The number of likely N-dealkylation sites (tertiary alicyclic amines) is 1. The lowest BCUT2D eigenvalue weighted by atomic mass is 9.84. The molecule has 1 fully saturated rings. The van der Waals surface area contributed by atoms with E-state index in [0.717, 1.165) is 55.3 Å². The minimum absolute atomic E-state index is 0.0514. The van der Waals surface area contributed by atoms with E-state index >= 15 is 0 Å². The van der Waals surface area contributed by atoms with Gasteiger partial charge in [0.2, 0.25) is 5.91 Å². The van der Waals surface area contributed by atoms with Crippen molar-refractivity contribution < 1.29 is 19.0 Å². The van der Waals surface area contributed by atoms with Crippen LogP contribution in [0.2, 0.25) is 0 Å². The molecule has 1 N–H and O–H groups in total. The van der Waals surface area contributed by atoms with Gasteiger partial charge in [-0.15, -0.1) is 0 Å². The highest BCUT2D eigenvalue weighted by Crippen LogP contribution is 2.34. The van der Waals surface area contributed by atoms with Gasteiger partial charge in [0, 0.05) is 19.0 Å². The largest absolute Gasteiger partial charge is 0.497 e. The molecule has 1 aliphatic carbocycles. The lowest BCUT2D eigenvalue weighted by molar-refractivity contribution is -0.121. The summed E-state index contributed by atoms with van der Waals surface area (Å²) in [7, 11) is 1.69. The molecule has 6 nitrogen and oxygen atoms in total. The van der Waals surface area contributed by atoms with Crippen LogP contribution in [0.3, 0.4) is 0 Å². The minimum atomic E-state index is 0.0514. The number of hydrogen-bond acceptors (Lipinski definition) is 5. The standard InChI is InChI=1S/C31H38N2O4/c1-22-16-26(25-6-5-7-28(19-25)35-2)10-9-24(22)20-31(34)32-27(21-33-12-3-4-13-33)17-23-8-11-29-30(18-23)37-15-14-36-29/h5-11,18-19,22,27H,3-4,12-17,20-21H2,1-2H3,(H,32,34). The van der Waals surface area contributed by atoms with Gasteiger partial charge in [-0.3, -0.25) is 4.79 Å². The van der Waals surface area contributed by atoms with E-state index in [1.807, 2.05) is 18.2 Å². The second-order valence-electron chi connectivity index (χ2n) is 10.4. The van der Waals surface area contributed by atoms with Crippen LogP contribution in [-0.2, 0) is 11.2 Å². The molecule has 5 rings (SSSR count). The Morgan fingerprint density at radius 2 is 1.89 bits per heavy atom. The van der Waals surface area contributed by atoms with Crippen LogP contribution in [0, 0.1) is 5.92 Å². The predicted octanol–water partition coefficient (Wildman–Crippen LogP) is 5.03. The minimum Gasteiger partial charge on any atom is -0.497 e. The number of amides is 1. The third kappa shape index (κ3) is 6.55. The first-order chi connectivity index (χ1) is 18.1. The Morgan fingerprint density at radius 3 is 2.68 bits per heavy atom. The highest BCUT2D eigenvalue weighted by Gasteiger charge is 2.23. The number of rotatable bonds is 9. The Morgan fingerprint density at radius 1 is 1.08 bits per heavy atom. The fraction of sp³-hybridized carbons (Fsp3) is 0.452. The van der Waals surface area contributed by atoms with Crippen LogP contribution in [-0.4, -0.2) is 56.8 Å². The number of benzene rings is 2. The molecule has 0 bridgehead atoms. The molecular formula is C31H38N2O4. The first kappa shape index (κ1) is 25.4. The molecule has 1 amide bonds. The monoisotopic (exact) mass is 502 g/mol. The number of carbonyl (C=O) groups is 1. The lowest BCUT2D eigenvalue weighted by Gasteiger charge is -2.27. The van der Waals surface area contributed by atoms with Gasteiger partial charge in [-0.25, -0.2) is 0 Å². The Hall–Kier alpha value is -3.25. The average Bonchev–Trinajstić information content (AvgIpc) is 3.43. The molecule has 0 saturated carbocycles. The molecule has 196 valence electrons. The molecule has 37 heavy (non-hydrogen) atoms. The molecule has 0 spiro atoms. The van der Waals surface area contributed by atoms with E-state index in [2.05, 4.69) is 53.6 Å². The average molecular weight is 503 g/mol. The van der Waals surface area contributed by atoms with Crippen molar-refractivity contribution in [1.82, 2.24) is 10.2 Å². The summed E-state index contributed by atoms with van der Waals surface area (Å²) in [5.74, 6) is 2.87. The van der Waals surface area contributed by atoms with E-state index in [4.69, 9.17) is 14.2 Å². The van der Waals surface area contributed by atoms with Crippen molar-refractivity contribution in [3.63, 3.8) is 0 Å². The molecule has 6 heteroatoms. The molecule has 0 radical (unpaired) electrons. The van der Waals surface area contributed by atoms with Crippen molar-refractivity contribution in [3.05, 3.63) is 71.3 Å². The summed E-state index contributed by atoms with van der Waals surface area (Å²) in [5.41, 5.74) is 4.80. The van der Waals surface area contributed by atoms with Crippen molar-refractivity contribution in [2.75, 3.05) is 40.0 Å². The quantitative estimate of drug-likeness (QED) is 0.521. The normalized spacial score (nSPS) is 20.1. The van der Waals surface area contributed by atoms with E-state index in [9.17, 15) is 4.79 Å². The maximum Gasteiger partial charge on any atom is 0.224 e. The van der Waals surface area contributed by atoms with E-state index in [-0.39, 0.29) is 11.9 Å². The van der Waals surface area contributed by atoms with Crippen LogP contribution in [0.15, 0.2) is 60.2 Å². The number of nitrogens with one attached hydrogen (secondary N) is 1. The molecule has 2 atom stereocenters. The lowest BCUT2D eigenvalue weighted by Crippen LogP contribution is -2.44. The van der Waals surface area contributed by atoms with Gasteiger partial charge in [-0.2, -0.15) is 0 Å². The number of hydrogen-bond donors (Lipinski definition) is 1. The Kier molecular flexibility index (Phi) is 8.15. The van der Waals surface area contributed by atoms with Gasteiger partial charge >= 0.3 is 0 Å². The van der Waals surface area contributed by atoms with Gasteiger partial charge in [-0.05, 0) is 85.7 Å². The molecule has 0 aromatic heterocycles. The first-order valence-electron chi connectivity index (χ1n) is 13.5. The predicted molar refractivity (Wildman–Crippen MR) is 146 cm³/mol. The van der Waals surface area contributed by atoms with Crippen LogP contribution in [0.1, 0.15) is 43.7 Å². The highest BCUT2D eigenvalue weighted by molar-refractivity contribution is 5.80. The SMILES string of the molecule is COc1cccc(C2=CC=C(CC(=O)NC(Cc3ccc4c(c3)OCCO4)CN3CCCC3)C(C)C2)c1. The number of carbonyl (C=O) groups excluding carboxylic acids is 1. The van der Waals surface area contributed by atoms with Crippen LogP contribution in [0.5, 0.6) is 17.2 Å². The number of fused-ring (bicyclic) bond motifs is 1. The van der Waals surface area contributed by atoms with Crippen LogP contribution < -0.4 is 19.5 Å². The summed E-state index contributed by atoms with van der Waals surface area (Å²) in [4.78, 5) is 15.7. The highest BCUT2D eigenvalue weighted by atomic mass is 16.6. The van der Waals surface area contributed by atoms with Gasteiger partial charge in [0.15, 0.2) is 11.5 Å². The molecule has 2 aromatic rings. The molecule has 2 aromatic carbocycles. The van der Waals surface area contributed by atoms with E-state index in [0.29, 0.717) is 25.6 Å². The van der Waals surface area contributed by atoms with Gasteiger partial charge in [0.05, 0.1) is 7.11 Å². The fourth-order valence-electron chi connectivity index (χ4n) is 5.57. The van der Waals surface area contributed by atoms with Crippen molar-refractivity contribution >= 4 is 11.5 Å². The number of ether oxygens (including phenoxy) is 3. The van der Waals surface area contributed by atoms with Crippen LogP contribution in [0.4, 0.5) is 0 Å². The number of methoxy groups -OCH3 is 1. The third-order valence-corrected chi connectivity index (χ3v) is 7.59. The molecule has 2 heterocycles. The van der Waals surface area contributed by atoms with Crippen molar-refractivity contribution in [2.24, 2.45) is 5.92 Å². The summed E-state index contributed by atoms with van der Waals surface area (Å²) < 4.78 is 16.8. The summed E-state index contributed by atoms with van der Waals surface area (Å²) in [6.45, 7) is 6.45. The Bertz CT molecular complexity index is 1170. The zero-order valence-corrected chi connectivity index (χ0v) is 22.0. The fourth-order valence-corrected chi connectivity index (χ4v) is 5.57. The second kappa shape index (κ2) is 11.9. The summed E-state index contributed by atoms with van der Waals surface area (Å²) in [5, 5.41) is 3.37. The van der Waals surface area contributed by atoms with E-state index < -0.39 is 0 Å². The topological polar surface area (TPSA) is 60.0 Å². The zero-order valence-electron chi connectivity index (χ0n) is 22.0. The first-order valence-corrected chi connectivity index (χ1v) is 13.5. The molecule has 3 aliphatic rings. The zero-order chi connectivity index (χ0) is 25.6. The Labute approximate surface area is 220 Å². The van der Waals surface area contributed by atoms with Crippen molar-refractivity contribution in [3.8, 4) is 17.2 Å². The number of allylic oxidation sites excluding steroid dienone is 3. The van der Waals surface area contributed by atoms with Gasteiger partial charge in [0.1, 0.15) is 19.0 Å². The maximum atomic E-state index is 13.2. The molecular weight excluding hydrogens is 464 g/mol. The van der Waals surface area contributed by atoms with Crippen LogP contribution >= 0.6 is 0 Å². The maximum absolute atomic E-state index is 13.2. The third-order valence-electron chi connectivity index (χ3n) is 7.59. The summed E-state index contributed by atoms with van der Waals surface area (Å²) in [6, 6.07) is 14.4. The van der Waals surface area contributed by atoms with Crippen molar-refractivity contribution in [1.29, 1.82) is 0 Å². The van der Waals surface area contributed by atoms with Gasteiger partial charge in [0.25, 0.3) is 0 Å². The molecule has 1 saturated heterocycles. The summed E-state index contributed by atoms with van der Waals surface area (Å²) >= 11 is 0. The summed E-state index contributed by atoms with van der Waals surface area (Å²) in [6.07, 6.45) is 8.88. The number of nitrogens with zero attached hydrogens (tertiary/aromatic N) is 1. The van der Waals surface area contributed by atoms with Gasteiger partial charge < -0.3 is 24.4 Å². The Balaban J connectivity index is 1.25. The molecule has 2 aliphatic heterocycles. The van der Waals surface area contributed by atoms with Crippen LogP contribution in [0.25, 0.3) is 5.57 Å². The van der Waals surface area contributed by atoms with E-state index in [1.54, 1.807) is 7.11 Å². The van der Waals surface area contributed by atoms with E-state index in [1.165, 1.54) is 29.6 Å². The van der Waals surface area contributed by atoms with Crippen molar-refractivity contribution in [2.45, 2.75) is 45.1 Å². The smallest absolute Gasteiger partial charge is 0.224 e. The van der Waals surface area contributed by atoms with Gasteiger partial charge in [-0.1, -0.05) is 42.8 Å². The second-order valence-corrected chi connectivity index (χ2v) is 10.4. The molecule has 2 unspecified atom stereocenters.